The van der Waals surface area contributed by atoms with Gasteiger partial charge in [0.25, 0.3) is 17.7 Å². The predicted molar refractivity (Wildman–Crippen MR) is 165 cm³/mol. The number of aryl methyl sites for hydroxylation is 1. The number of rotatable bonds is 8. The van der Waals surface area contributed by atoms with Crippen LogP contribution in [0.1, 0.15) is 11.1 Å². The maximum absolute atomic E-state index is 13.6. The summed E-state index contributed by atoms with van der Waals surface area (Å²) < 4.78 is 11.2. The van der Waals surface area contributed by atoms with Gasteiger partial charge in [-0.2, -0.15) is 0 Å². The van der Waals surface area contributed by atoms with E-state index in [-0.39, 0.29) is 28.7 Å². The second-order valence-corrected chi connectivity index (χ2v) is 9.89. The fraction of sp³-hybridized carbons (Fsp3) is 0.0909. The third kappa shape index (κ3) is 6.12. The number of benzene rings is 4. The lowest BCUT2D eigenvalue weighted by molar-refractivity contribution is -0.121. The largest absolute Gasteiger partial charge is 0.493 e. The molecule has 1 heterocycles. The van der Waals surface area contributed by atoms with E-state index in [0.717, 1.165) is 15.4 Å². The zero-order valence-corrected chi connectivity index (χ0v) is 24.0. The molecule has 1 aliphatic heterocycles. The summed E-state index contributed by atoms with van der Waals surface area (Å²) in [4.78, 5) is 55.2. The van der Waals surface area contributed by atoms with Crippen LogP contribution in [0.4, 0.5) is 21.9 Å². The van der Waals surface area contributed by atoms with Crippen LogP contribution < -0.4 is 24.6 Å². The van der Waals surface area contributed by atoms with E-state index in [1.807, 2.05) is 25.1 Å². The fourth-order valence-electron chi connectivity index (χ4n) is 4.51. The van der Waals surface area contributed by atoms with E-state index < -0.39 is 23.8 Å². The molecule has 0 bridgehead atoms. The number of barbiturate groups is 1. The zero-order chi connectivity index (χ0) is 30.5. The summed E-state index contributed by atoms with van der Waals surface area (Å²) in [5.74, 6) is -1.70. The van der Waals surface area contributed by atoms with Crippen LogP contribution in [-0.2, 0) is 14.4 Å². The molecule has 4 aromatic rings. The minimum atomic E-state index is -0.798. The Labute approximate surface area is 252 Å². The molecule has 1 fully saturated rings. The molecule has 0 saturated carbocycles. The molecule has 0 atom stereocenters. The molecular formula is C33H26ClN3O6. The van der Waals surface area contributed by atoms with Gasteiger partial charge in [-0.3, -0.25) is 14.4 Å². The van der Waals surface area contributed by atoms with Gasteiger partial charge in [-0.05, 0) is 66.6 Å². The molecule has 0 radical (unpaired) electrons. The van der Waals surface area contributed by atoms with E-state index in [2.05, 4.69) is 5.32 Å². The summed E-state index contributed by atoms with van der Waals surface area (Å²) in [7, 11) is 1.40. The Kier molecular flexibility index (Phi) is 8.54. The SMILES string of the molecule is COc1cc(C=C2C(=O)N(c3ccccc3)C(=O)N(c3ccccc3)C2=O)cc(Cl)c1OCC(=O)Nc1ccccc1C. The topological polar surface area (TPSA) is 105 Å². The van der Waals surface area contributed by atoms with Crippen molar-refractivity contribution in [2.75, 3.05) is 28.8 Å². The summed E-state index contributed by atoms with van der Waals surface area (Å²) in [6.07, 6.45) is 1.34. The fourth-order valence-corrected chi connectivity index (χ4v) is 4.78. The van der Waals surface area contributed by atoms with Gasteiger partial charge >= 0.3 is 6.03 Å². The number of halogens is 1. The number of nitrogens with one attached hydrogen (secondary N) is 1. The van der Waals surface area contributed by atoms with Crippen LogP contribution in [-0.4, -0.2) is 37.5 Å². The number of urea groups is 1. The van der Waals surface area contributed by atoms with Crippen molar-refractivity contribution in [3.05, 3.63) is 119 Å². The average Bonchev–Trinajstić information content (AvgIpc) is 3.01. The Bertz CT molecular complexity index is 1680. The Morgan fingerprint density at radius 1 is 0.837 bits per heavy atom. The predicted octanol–water partition coefficient (Wildman–Crippen LogP) is 6.26. The van der Waals surface area contributed by atoms with E-state index in [9.17, 15) is 19.2 Å². The Morgan fingerprint density at radius 3 is 1.95 bits per heavy atom. The minimum absolute atomic E-state index is 0.0847. The number of hydrogen-bond donors (Lipinski definition) is 1. The number of carbonyl (C=O) groups excluding carboxylic acids is 4. The molecule has 9 nitrogen and oxygen atoms in total. The van der Waals surface area contributed by atoms with Crippen molar-refractivity contribution in [2.24, 2.45) is 0 Å². The van der Waals surface area contributed by atoms with E-state index in [1.54, 1.807) is 66.7 Å². The molecule has 0 spiro atoms. The van der Waals surface area contributed by atoms with Gasteiger partial charge in [-0.1, -0.05) is 66.2 Å². The van der Waals surface area contributed by atoms with Crippen molar-refractivity contribution in [3.8, 4) is 11.5 Å². The molecule has 0 aromatic heterocycles. The minimum Gasteiger partial charge on any atom is -0.493 e. The first kappa shape index (κ1) is 29.1. The van der Waals surface area contributed by atoms with Gasteiger partial charge in [0.1, 0.15) is 5.57 Å². The van der Waals surface area contributed by atoms with Crippen LogP contribution in [0.5, 0.6) is 11.5 Å². The first-order chi connectivity index (χ1) is 20.8. The molecule has 5 amide bonds. The number of imide groups is 2. The lowest BCUT2D eigenvalue weighted by atomic mass is 10.0. The highest BCUT2D eigenvalue weighted by atomic mass is 35.5. The van der Waals surface area contributed by atoms with Crippen molar-refractivity contribution in [1.29, 1.82) is 0 Å². The number of ether oxygens (including phenoxy) is 2. The molecule has 1 aliphatic rings. The maximum atomic E-state index is 13.6. The molecular weight excluding hydrogens is 570 g/mol. The lowest BCUT2D eigenvalue weighted by Crippen LogP contribution is -2.57. The number of hydrogen-bond acceptors (Lipinski definition) is 6. The summed E-state index contributed by atoms with van der Waals surface area (Å²) >= 11 is 6.53. The lowest BCUT2D eigenvalue weighted by Gasteiger charge is -2.34. The van der Waals surface area contributed by atoms with Gasteiger partial charge in [0.15, 0.2) is 18.1 Å². The van der Waals surface area contributed by atoms with Crippen molar-refractivity contribution in [3.63, 3.8) is 0 Å². The van der Waals surface area contributed by atoms with Crippen molar-refractivity contribution < 1.29 is 28.7 Å². The Hall–Kier alpha value is -5.41. The highest BCUT2D eigenvalue weighted by Crippen LogP contribution is 2.38. The number of anilines is 3. The molecule has 4 aromatic carbocycles. The molecule has 0 unspecified atom stereocenters. The van der Waals surface area contributed by atoms with Gasteiger partial charge in [0, 0.05) is 5.69 Å². The molecule has 1 saturated heterocycles. The third-order valence-corrected chi connectivity index (χ3v) is 6.89. The number of nitrogens with zero attached hydrogens (tertiary/aromatic N) is 2. The highest BCUT2D eigenvalue weighted by molar-refractivity contribution is 6.46. The summed E-state index contributed by atoms with van der Waals surface area (Å²) in [6, 6.07) is 26.2. The van der Waals surface area contributed by atoms with Crippen LogP contribution >= 0.6 is 11.6 Å². The van der Waals surface area contributed by atoms with Crippen molar-refractivity contribution >= 4 is 58.5 Å². The van der Waals surface area contributed by atoms with E-state index in [4.69, 9.17) is 21.1 Å². The van der Waals surface area contributed by atoms with Crippen LogP contribution in [0.2, 0.25) is 5.02 Å². The molecule has 1 N–H and O–H groups in total. The van der Waals surface area contributed by atoms with Crippen LogP contribution in [0.3, 0.4) is 0 Å². The monoisotopic (exact) mass is 595 g/mol. The van der Waals surface area contributed by atoms with E-state index >= 15 is 0 Å². The maximum Gasteiger partial charge on any atom is 0.343 e. The Balaban J connectivity index is 1.46. The molecule has 5 rings (SSSR count). The second-order valence-electron chi connectivity index (χ2n) is 9.48. The number of carbonyl (C=O) groups is 4. The quantitative estimate of drug-likeness (QED) is 0.190. The van der Waals surface area contributed by atoms with Crippen molar-refractivity contribution in [2.45, 2.75) is 6.92 Å². The smallest absolute Gasteiger partial charge is 0.343 e. The number of amides is 5. The number of para-hydroxylation sites is 3. The molecule has 216 valence electrons. The van der Waals surface area contributed by atoms with Crippen LogP contribution in [0.15, 0.2) is 103 Å². The van der Waals surface area contributed by atoms with E-state index in [1.165, 1.54) is 25.3 Å². The second kappa shape index (κ2) is 12.6. The van der Waals surface area contributed by atoms with Crippen molar-refractivity contribution in [1.82, 2.24) is 0 Å². The summed E-state index contributed by atoms with van der Waals surface area (Å²) in [5, 5.41) is 2.87. The first-order valence-corrected chi connectivity index (χ1v) is 13.6. The molecule has 43 heavy (non-hydrogen) atoms. The standard InChI is InChI=1S/C33H26ClN3O6/c1-21-11-9-10-16-27(21)35-29(38)20-43-30-26(34)18-22(19-28(30)42-2)17-25-31(39)36(23-12-5-3-6-13-23)33(41)37(32(25)40)24-14-7-4-8-15-24/h3-19H,20H2,1-2H3,(H,35,38). The summed E-state index contributed by atoms with van der Waals surface area (Å²) in [6.45, 7) is 1.53. The van der Waals surface area contributed by atoms with Gasteiger partial charge in [0.2, 0.25) is 0 Å². The first-order valence-electron chi connectivity index (χ1n) is 13.2. The number of methoxy groups -OCH3 is 1. The van der Waals surface area contributed by atoms with Gasteiger partial charge in [-0.15, -0.1) is 0 Å². The van der Waals surface area contributed by atoms with Crippen LogP contribution in [0, 0.1) is 6.92 Å². The Morgan fingerprint density at radius 2 is 1.40 bits per heavy atom. The van der Waals surface area contributed by atoms with Gasteiger partial charge < -0.3 is 14.8 Å². The van der Waals surface area contributed by atoms with Crippen LogP contribution in [0.25, 0.3) is 6.08 Å². The third-order valence-electron chi connectivity index (χ3n) is 6.61. The molecule has 0 aliphatic carbocycles. The molecule has 10 heteroatoms. The van der Waals surface area contributed by atoms with E-state index in [0.29, 0.717) is 22.6 Å². The summed E-state index contributed by atoms with van der Waals surface area (Å²) in [5.41, 5.74) is 2.24. The zero-order valence-electron chi connectivity index (χ0n) is 23.2. The normalized spacial score (nSPS) is 13.2. The average molecular weight is 596 g/mol. The van der Waals surface area contributed by atoms with Gasteiger partial charge in [0.05, 0.1) is 23.5 Å². The van der Waals surface area contributed by atoms with Gasteiger partial charge in [-0.25, -0.2) is 14.6 Å². The highest BCUT2D eigenvalue weighted by Gasteiger charge is 2.43.